The van der Waals surface area contributed by atoms with Gasteiger partial charge in [-0.15, -0.1) is 0 Å². The van der Waals surface area contributed by atoms with Crippen molar-refractivity contribution in [2.24, 2.45) is 0 Å². The van der Waals surface area contributed by atoms with Crippen molar-refractivity contribution in [3.8, 4) is 5.75 Å². The monoisotopic (exact) mass is 398 g/mol. The summed E-state index contributed by atoms with van der Waals surface area (Å²) in [5, 5.41) is 1.11. The Morgan fingerprint density at radius 1 is 1.22 bits per heavy atom. The Hall–Kier alpha value is -2.64. The quantitative estimate of drug-likeness (QED) is 0.611. The molecule has 1 N–H and O–H groups in total. The first-order valence-electron chi connectivity index (χ1n) is 8.37. The number of nitrogens with zero attached hydrogens (tertiary/aromatic N) is 1. The lowest BCUT2D eigenvalue weighted by Gasteiger charge is -2.16. The zero-order valence-corrected chi connectivity index (χ0v) is 16.5. The van der Waals surface area contributed by atoms with Crippen LogP contribution in [0.2, 0.25) is 0 Å². The van der Waals surface area contributed by atoms with Crippen molar-refractivity contribution in [1.29, 1.82) is 0 Å². The molecule has 7 heteroatoms. The third kappa shape index (κ3) is 4.20. The van der Waals surface area contributed by atoms with Crippen LogP contribution in [0, 0.1) is 6.92 Å². The molecule has 0 unspecified atom stereocenters. The van der Waals surface area contributed by atoms with Gasteiger partial charge in [0.05, 0.1) is 11.5 Å². The van der Waals surface area contributed by atoms with Crippen LogP contribution in [0.25, 0.3) is 6.08 Å². The van der Waals surface area contributed by atoms with Crippen LogP contribution >= 0.6 is 24.0 Å². The van der Waals surface area contributed by atoms with E-state index in [0.29, 0.717) is 22.8 Å². The van der Waals surface area contributed by atoms with Crippen LogP contribution in [0.3, 0.4) is 0 Å². The number of aryl methyl sites for hydroxylation is 1. The molecule has 3 rings (SSSR count). The highest BCUT2D eigenvalue weighted by Gasteiger charge is 2.34. The Bertz CT molecular complexity index is 940. The second-order valence-corrected chi connectivity index (χ2v) is 7.42. The summed E-state index contributed by atoms with van der Waals surface area (Å²) in [4.78, 5) is 25.7. The van der Waals surface area contributed by atoms with E-state index in [2.05, 4.69) is 5.43 Å². The summed E-state index contributed by atoms with van der Waals surface area (Å²) in [6.07, 6.45) is 1.73. The first-order chi connectivity index (χ1) is 13.0. The zero-order valence-electron chi connectivity index (χ0n) is 14.9. The smallest absolute Gasteiger partial charge is 0.285 e. The molecule has 0 atom stereocenters. The van der Waals surface area contributed by atoms with Gasteiger partial charge in [-0.1, -0.05) is 48.2 Å². The average molecular weight is 399 g/mol. The predicted molar refractivity (Wildman–Crippen MR) is 111 cm³/mol. The van der Waals surface area contributed by atoms with Crippen LogP contribution in [-0.4, -0.2) is 27.8 Å². The number of hydrogen-bond donors (Lipinski definition) is 1. The number of hydrazine groups is 1. The highest BCUT2D eigenvalue weighted by Crippen LogP contribution is 2.33. The highest BCUT2D eigenvalue weighted by atomic mass is 32.2. The van der Waals surface area contributed by atoms with E-state index in [0.717, 1.165) is 27.9 Å². The van der Waals surface area contributed by atoms with Gasteiger partial charge in [0.25, 0.3) is 11.8 Å². The number of ether oxygens (including phenoxy) is 1. The maximum absolute atomic E-state index is 12.7. The topological polar surface area (TPSA) is 58.6 Å². The summed E-state index contributed by atoms with van der Waals surface area (Å²) in [6.45, 7) is 4.26. The number of nitrogens with one attached hydrogen (secondary N) is 1. The minimum Gasteiger partial charge on any atom is -0.493 e. The van der Waals surface area contributed by atoms with Gasteiger partial charge in [-0.3, -0.25) is 15.0 Å². The molecule has 2 aromatic rings. The van der Waals surface area contributed by atoms with Crippen LogP contribution in [-0.2, 0) is 4.79 Å². The van der Waals surface area contributed by atoms with E-state index >= 15 is 0 Å². The molecule has 1 saturated heterocycles. The number of rotatable bonds is 5. The summed E-state index contributed by atoms with van der Waals surface area (Å²) in [7, 11) is 0. The van der Waals surface area contributed by atoms with Gasteiger partial charge in [-0.05, 0) is 49.8 Å². The highest BCUT2D eigenvalue weighted by molar-refractivity contribution is 8.26. The Morgan fingerprint density at radius 3 is 2.67 bits per heavy atom. The van der Waals surface area contributed by atoms with Crippen molar-refractivity contribution < 1.29 is 14.3 Å². The molecular formula is C20H18N2O3S2. The van der Waals surface area contributed by atoms with E-state index in [1.165, 1.54) is 0 Å². The Balaban J connectivity index is 1.81. The van der Waals surface area contributed by atoms with Crippen molar-refractivity contribution in [2.45, 2.75) is 13.8 Å². The van der Waals surface area contributed by atoms with Crippen LogP contribution in [0.5, 0.6) is 5.75 Å². The largest absolute Gasteiger partial charge is 0.493 e. The molecule has 0 bridgehead atoms. The molecule has 0 saturated carbocycles. The van der Waals surface area contributed by atoms with Gasteiger partial charge < -0.3 is 4.74 Å². The fourth-order valence-electron chi connectivity index (χ4n) is 2.58. The molecular weight excluding hydrogens is 380 g/mol. The second kappa shape index (κ2) is 8.37. The van der Waals surface area contributed by atoms with Gasteiger partial charge in [0.2, 0.25) is 0 Å². The molecule has 0 radical (unpaired) electrons. The van der Waals surface area contributed by atoms with Crippen LogP contribution in [0.1, 0.15) is 28.4 Å². The SMILES string of the molecule is CCOc1ccccc1/C=C1\SC(=S)N(NC(=O)c2ccccc2C)C1=O. The molecule has 1 fully saturated rings. The van der Waals surface area contributed by atoms with E-state index in [1.54, 1.807) is 18.2 Å². The van der Waals surface area contributed by atoms with Crippen molar-refractivity contribution in [3.05, 3.63) is 70.1 Å². The maximum atomic E-state index is 12.7. The fourth-order valence-corrected chi connectivity index (χ4v) is 3.75. The summed E-state index contributed by atoms with van der Waals surface area (Å²) >= 11 is 6.42. The number of thioether (sulfide) groups is 1. The van der Waals surface area contributed by atoms with Gasteiger partial charge in [-0.25, -0.2) is 0 Å². The van der Waals surface area contributed by atoms with Gasteiger partial charge >= 0.3 is 0 Å². The number of amides is 2. The fraction of sp³-hybridized carbons (Fsp3) is 0.150. The molecule has 2 amide bonds. The Morgan fingerprint density at radius 2 is 1.93 bits per heavy atom. The Kier molecular flexibility index (Phi) is 5.93. The van der Waals surface area contributed by atoms with E-state index in [4.69, 9.17) is 17.0 Å². The molecule has 0 spiro atoms. The summed E-state index contributed by atoms with van der Waals surface area (Å²) in [5.41, 5.74) is 4.70. The number of thiocarbonyl (C=S) groups is 1. The van der Waals surface area contributed by atoms with Crippen molar-refractivity contribution in [3.63, 3.8) is 0 Å². The predicted octanol–water partition coefficient (Wildman–Crippen LogP) is 3.94. The summed E-state index contributed by atoms with van der Waals surface area (Å²) < 4.78 is 5.87. The summed E-state index contributed by atoms with van der Waals surface area (Å²) in [5.74, 6) is -0.0483. The first kappa shape index (κ1) is 19.1. The van der Waals surface area contributed by atoms with Gasteiger partial charge in [-0.2, -0.15) is 5.01 Å². The molecule has 1 heterocycles. The standard InChI is InChI=1S/C20H18N2O3S2/c1-3-25-16-11-7-5-9-14(16)12-17-19(24)22(20(26)27-17)21-18(23)15-10-6-4-8-13(15)2/h4-12H,3H2,1-2H3,(H,21,23)/b17-12-. The van der Waals surface area contributed by atoms with E-state index in [1.807, 2.05) is 50.2 Å². The lowest BCUT2D eigenvalue weighted by Crippen LogP contribution is -2.45. The van der Waals surface area contributed by atoms with Crippen LogP contribution < -0.4 is 10.2 Å². The molecule has 1 aliphatic heterocycles. The maximum Gasteiger partial charge on any atom is 0.285 e. The third-order valence-electron chi connectivity index (χ3n) is 3.90. The lowest BCUT2D eigenvalue weighted by atomic mass is 10.1. The number of benzene rings is 2. The lowest BCUT2D eigenvalue weighted by molar-refractivity contribution is -0.123. The third-order valence-corrected chi connectivity index (χ3v) is 5.20. The molecule has 2 aromatic carbocycles. The van der Waals surface area contributed by atoms with E-state index in [9.17, 15) is 9.59 Å². The second-order valence-electron chi connectivity index (χ2n) is 5.74. The molecule has 0 aromatic heterocycles. The van der Waals surface area contributed by atoms with Crippen molar-refractivity contribution in [1.82, 2.24) is 10.4 Å². The van der Waals surface area contributed by atoms with Gasteiger partial charge in [0.15, 0.2) is 4.32 Å². The van der Waals surface area contributed by atoms with Crippen LogP contribution in [0.4, 0.5) is 0 Å². The molecule has 27 heavy (non-hydrogen) atoms. The molecule has 5 nitrogen and oxygen atoms in total. The number of carbonyl (C=O) groups is 2. The Labute approximate surface area is 167 Å². The molecule has 1 aliphatic rings. The van der Waals surface area contributed by atoms with Crippen molar-refractivity contribution >= 4 is 46.2 Å². The van der Waals surface area contributed by atoms with Crippen LogP contribution in [0.15, 0.2) is 53.4 Å². The summed E-state index contributed by atoms with van der Waals surface area (Å²) in [6, 6.07) is 14.6. The van der Waals surface area contributed by atoms with Crippen molar-refractivity contribution in [2.75, 3.05) is 6.61 Å². The number of para-hydroxylation sites is 1. The average Bonchev–Trinajstić information content (AvgIpc) is 2.91. The number of hydrogen-bond acceptors (Lipinski definition) is 5. The number of carbonyl (C=O) groups excluding carboxylic acids is 2. The zero-order chi connectivity index (χ0) is 19.4. The molecule has 0 aliphatic carbocycles. The van der Waals surface area contributed by atoms with Gasteiger partial charge in [0.1, 0.15) is 5.75 Å². The molecule has 138 valence electrons. The van der Waals surface area contributed by atoms with Gasteiger partial charge in [0, 0.05) is 11.1 Å². The first-order valence-corrected chi connectivity index (χ1v) is 9.60. The minimum atomic E-state index is -0.375. The minimum absolute atomic E-state index is 0.280. The van der Waals surface area contributed by atoms with E-state index < -0.39 is 0 Å². The van der Waals surface area contributed by atoms with E-state index in [-0.39, 0.29) is 16.1 Å². The normalized spacial score (nSPS) is 15.3.